The number of hydrogen-bond donors (Lipinski definition) is 3. The van der Waals surface area contributed by atoms with Crippen LogP contribution in [0.3, 0.4) is 0 Å². The summed E-state index contributed by atoms with van der Waals surface area (Å²) in [5, 5.41) is 36.3. The van der Waals surface area contributed by atoms with Crippen molar-refractivity contribution < 1.29 is 40.4 Å². The minimum atomic E-state index is -4.80. The summed E-state index contributed by atoms with van der Waals surface area (Å²) in [5.41, 5.74) is -0.789. The lowest BCUT2D eigenvalue weighted by molar-refractivity contribution is -0.0000263. The van der Waals surface area contributed by atoms with Gasteiger partial charge in [0.2, 0.25) is 5.39 Å². The molecular formula is C17H11ClN4O6S. The van der Waals surface area contributed by atoms with Crippen LogP contribution in [0, 0.1) is 5.39 Å². The third kappa shape index (κ3) is 4.30. The standard InChI is InChI=1S/C17H10N4O6S.ClH/c18-19-10-6-5-9-7-14(28(25,26)27)15(16(22)12(9)8-10)21-20-13-4-2-1-3-11(13)17(23)24;/h1-8H,(H2-,20,22,23,24,25,26,27);1H. The second-order valence-electron chi connectivity index (χ2n) is 5.57. The third-order valence-corrected chi connectivity index (χ3v) is 4.69. The van der Waals surface area contributed by atoms with Crippen LogP contribution in [0.25, 0.3) is 15.7 Å². The molecule has 0 radical (unpaired) electrons. The molecule has 0 aliphatic heterocycles. The zero-order valence-electron chi connectivity index (χ0n) is 14.3. The van der Waals surface area contributed by atoms with Crippen molar-refractivity contribution >= 4 is 43.9 Å². The summed E-state index contributed by atoms with van der Waals surface area (Å²) in [7, 11) is -4.80. The van der Waals surface area contributed by atoms with E-state index in [0.29, 0.717) is 0 Å². The second kappa shape index (κ2) is 8.19. The van der Waals surface area contributed by atoms with E-state index in [1.807, 2.05) is 0 Å². The van der Waals surface area contributed by atoms with Crippen LogP contribution < -0.4 is 12.4 Å². The van der Waals surface area contributed by atoms with Gasteiger partial charge in [-0.3, -0.25) is 4.55 Å². The van der Waals surface area contributed by atoms with E-state index in [-0.39, 0.29) is 40.1 Å². The van der Waals surface area contributed by atoms with Crippen molar-refractivity contribution in [1.82, 2.24) is 0 Å². The summed E-state index contributed by atoms with van der Waals surface area (Å²) in [6.07, 6.45) is 0. The average molecular weight is 435 g/mol. The van der Waals surface area contributed by atoms with Gasteiger partial charge in [0.05, 0.1) is 5.56 Å². The molecule has 0 unspecified atom stereocenters. The number of diazo groups is 1. The van der Waals surface area contributed by atoms with Crippen LogP contribution in [0.2, 0.25) is 0 Å². The van der Waals surface area contributed by atoms with Crippen molar-refractivity contribution in [3.8, 4) is 5.75 Å². The normalized spacial score (nSPS) is 11.2. The molecule has 29 heavy (non-hydrogen) atoms. The minimum Gasteiger partial charge on any atom is -1.00 e. The fourth-order valence-corrected chi connectivity index (χ4v) is 3.19. The first-order valence-electron chi connectivity index (χ1n) is 7.58. The summed E-state index contributed by atoms with van der Waals surface area (Å²) in [6, 6.07) is 10.6. The van der Waals surface area contributed by atoms with Crippen LogP contribution in [0.4, 0.5) is 17.1 Å². The number of halogens is 1. The Kier molecular flexibility index (Phi) is 6.13. The number of carboxylic acid groups (broad SMARTS) is 1. The van der Waals surface area contributed by atoms with Gasteiger partial charge in [-0.15, -0.1) is 10.2 Å². The minimum absolute atomic E-state index is 0. The van der Waals surface area contributed by atoms with Crippen LogP contribution in [0.1, 0.15) is 10.4 Å². The van der Waals surface area contributed by atoms with Crippen molar-refractivity contribution in [3.05, 3.63) is 59.1 Å². The van der Waals surface area contributed by atoms with Gasteiger partial charge in [0.1, 0.15) is 16.3 Å². The van der Waals surface area contributed by atoms with Gasteiger partial charge in [-0.2, -0.15) is 8.42 Å². The average Bonchev–Trinajstić information content (AvgIpc) is 2.66. The van der Waals surface area contributed by atoms with Crippen molar-refractivity contribution in [2.75, 3.05) is 0 Å². The van der Waals surface area contributed by atoms with Crippen LogP contribution in [-0.2, 0) is 10.1 Å². The molecule has 0 aliphatic rings. The summed E-state index contributed by atoms with van der Waals surface area (Å²) >= 11 is 0. The SMILES string of the molecule is N#[N+]c1ccc2cc(S(=O)(=O)O)c(N=Nc3ccccc3C(=O)O)c(O)c2c1.[Cl-]. The largest absolute Gasteiger partial charge is 1.00 e. The number of benzene rings is 3. The molecule has 0 atom stereocenters. The zero-order chi connectivity index (χ0) is 20.5. The van der Waals surface area contributed by atoms with E-state index >= 15 is 0 Å². The van der Waals surface area contributed by atoms with Crippen molar-refractivity contribution in [3.63, 3.8) is 0 Å². The van der Waals surface area contributed by atoms with E-state index in [2.05, 4.69) is 15.2 Å². The second-order valence-corrected chi connectivity index (χ2v) is 6.96. The smallest absolute Gasteiger partial charge is 0.385 e. The Labute approximate surface area is 169 Å². The Morgan fingerprint density at radius 1 is 1.07 bits per heavy atom. The van der Waals surface area contributed by atoms with E-state index in [1.54, 1.807) is 0 Å². The maximum atomic E-state index is 11.7. The highest BCUT2D eigenvalue weighted by atomic mass is 35.5. The van der Waals surface area contributed by atoms with Crippen molar-refractivity contribution in [1.29, 1.82) is 5.39 Å². The van der Waals surface area contributed by atoms with E-state index in [0.717, 1.165) is 6.07 Å². The number of rotatable bonds is 4. The van der Waals surface area contributed by atoms with Gasteiger partial charge < -0.3 is 22.6 Å². The maximum Gasteiger partial charge on any atom is 0.385 e. The van der Waals surface area contributed by atoms with Gasteiger partial charge >= 0.3 is 11.7 Å². The molecule has 12 heteroatoms. The number of hydrogen-bond acceptors (Lipinski definition) is 7. The number of phenolic OH excluding ortho intramolecular Hbond substituents is 1. The molecule has 3 aromatic carbocycles. The molecule has 0 spiro atoms. The van der Waals surface area contributed by atoms with Gasteiger partial charge in [0.25, 0.3) is 10.1 Å². The number of nitrogens with zero attached hydrogens (tertiary/aromatic N) is 4. The number of fused-ring (bicyclic) bond motifs is 1. The van der Waals surface area contributed by atoms with Crippen LogP contribution in [-0.4, -0.2) is 29.2 Å². The maximum absolute atomic E-state index is 11.7. The van der Waals surface area contributed by atoms with E-state index < -0.39 is 32.4 Å². The Hall–Kier alpha value is -3.59. The van der Waals surface area contributed by atoms with E-state index in [1.165, 1.54) is 42.5 Å². The summed E-state index contributed by atoms with van der Waals surface area (Å²) in [4.78, 5) is 13.5. The number of aromatic hydroxyl groups is 1. The predicted molar refractivity (Wildman–Crippen MR) is 97.7 cm³/mol. The highest BCUT2D eigenvalue weighted by Crippen LogP contribution is 2.42. The molecule has 0 saturated heterocycles. The lowest BCUT2D eigenvalue weighted by Crippen LogP contribution is -3.00. The Bertz CT molecular complexity index is 1300. The monoisotopic (exact) mass is 434 g/mol. The molecule has 3 rings (SSSR count). The molecule has 0 aromatic heterocycles. The fourth-order valence-electron chi connectivity index (χ4n) is 2.53. The van der Waals surface area contributed by atoms with Gasteiger partial charge in [-0.05, 0) is 29.7 Å². The lowest BCUT2D eigenvalue weighted by atomic mass is 10.1. The van der Waals surface area contributed by atoms with Crippen LogP contribution in [0.5, 0.6) is 5.75 Å². The summed E-state index contributed by atoms with van der Waals surface area (Å²) in [5.74, 6) is -1.92. The van der Waals surface area contributed by atoms with Gasteiger partial charge in [0.15, 0.2) is 10.7 Å². The highest BCUT2D eigenvalue weighted by molar-refractivity contribution is 7.86. The predicted octanol–water partition coefficient (Wildman–Crippen LogP) is 1.39. The summed E-state index contributed by atoms with van der Waals surface area (Å²) < 4.78 is 33.0. The molecule has 0 saturated carbocycles. The van der Waals surface area contributed by atoms with E-state index in [4.69, 9.17) is 5.39 Å². The Morgan fingerprint density at radius 2 is 1.76 bits per heavy atom. The number of carboxylic acids is 1. The molecule has 0 aliphatic carbocycles. The quantitative estimate of drug-likeness (QED) is 0.317. The molecule has 3 N–H and O–H groups in total. The number of carbonyl (C=O) groups is 1. The molecule has 0 amide bonds. The molecule has 10 nitrogen and oxygen atoms in total. The van der Waals surface area contributed by atoms with Gasteiger partial charge in [0, 0.05) is 17.5 Å². The molecule has 0 bridgehead atoms. The van der Waals surface area contributed by atoms with Gasteiger partial charge in [-0.1, -0.05) is 12.1 Å². The third-order valence-electron chi connectivity index (χ3n) is 3.82. The van der Waals surface area contributed by atoms with E-state index in [9.17, 15) is 28.0 Å². The Balaban J connectivity index is 0.00000300. The molecule has 0 heterocycles. The Morgan fingerprint density at radius 3 is 2.38 bits per heavy atom. The lowest BCUT2D eigenvalue weighted by Gasteiger charge is -2.08. The molecule has 0 fully saturated rings. The first-order chi connectivity index (χ1) is 13.2. The summed E-state index contributed by atoms with van der Waals surface area (Å²) in [6.45, 7) is 0. The van der Waals surface area contributed by atoms with Crippen molar-refractivity contribution in [2.45, 2.75) is 4.90 Å². The zero-order valence-corrected chi connectivity index (χ0v) is 15.8. The number of aromatic carboxylic acids is 1. The first kappa shape index (κ1) is 21.7. The van der Waals surface area contributed by atoms with Gasteiger partial charge in [-0.25, -0.2) is 4.79 Å². The first-order valence-corrected chi connectivity index (χ1v) is 9.02. The fraction of sp³-hybridized carbons (Fsp3) is 0. The molecule has 148 valence electrons. The number of phenols is 1. The highest BCUT2D eigenvalue weighted by Gasteiger charge is 2.23. The molecule has 3 aromatic rings. The van der Waals surface area contributed by atoms with Crippen molar-refractivity contribution in [2.24, 2.45) is 10.2 Å². The van der Waals surface area contributed by atoms with Crippen LogP contribution in [0.15, 0.2) is 63.7 Å². The van der Waals surface area contributed by atoms with Crippen LogP contribution >= 0.6 is 0 Å². The topological polar surface area (TPSA) is 165 Å². The number of azo groups is 1. The molecular weight excluding hydrogens is 424 g/mol.